The summed E-state index contributed by atoms with van der Waals surface area (Å²) in [6.45, 7) is 5.09. The van der Waals surface area contributed by atoms with Gasteiger partial charge in [0.1, 0.15) is 5.82 Å². The van der Waals surface area contributed by atoms with Gasteiger partial charge in [-0.25, -0.2) is 4.98 Å². The fraction of sp³-hybridized carbons (Fsp3) is 0.438. The Morgan fingerprint density at radius 3 is 2.09 bits per heavy atom. The third kappa shape index (κ3) is 9.89. The van der Waals surface area contributed by atoms with E-state index in [1.54, 1.807) is 37.3 Å². The van der Waals surface area contributed by atoms with Gasteiger partial charge in [0, 0.05) is 36.2 Å². The first kappa shape index (κ1) is 38.2. The number of nitrogens with one attached hydrogen (secondary N) is 2. The highest BCUT2D eigenvalue weighted by atomic mass is 79.9. The number of rotatable bonds is 8. The van der Waals surface area contributed by atoms with Gasteiger partial charge in [-0.05, 0) is 68.7 Å². The Labute approximate surface area is 277 Å². The van der Waals surface area contributed by atoms with Crippen LogP contribution in [-0.4, -0.2) is 71.2 Å². The van der Waals surface area contributed by atoms with Gasteiger partial charge in [-0.15, -0.1) is 0 Å². The van der Waals surface area contributed by atoms with E-state index in [4.69, 9.17) is 10.2 Å². The number of likely N-dealkylation sites (N-methyl/N-ethyl adjacent to an activating group) is 1. The van der Waals surface area contributed by atoms with E-state index in [0.717, 1.165) is 4.90 Å². The molecule has 8 nitrogen and oxygen atoms in total. The summed E-state index contributed by atoms with van der Waals surface area (Å²) in [6.07, 6.45) is -8.94. The van der Waals surface area contributed by atoms with Gasteiger partial charge in [-0.3, -0.25) is 4.79 Å². The number of carbonyl (C=O) groups is 1. The van der Waals surface area contributed by atoms with Crippen LogP contribution in [0.1, 0.15) is 43.9 Å². The number of benzene rings is 2. The van der Waals surface area contributed by atoms with E-state index in [0.29, 0.717) is 46.5 Å². The number of aromatic nitrogens is 1. The van der Waals surface area contributed by atoms with E-state index in [9.17, 15) is 36.2 Å². The van der Waals surface area contributed by atoms with Crippen molar-refractivity contribution < 1.29 is 46.5 Å². The summed E-state index contributed by atoms with van der Waals surface area (Å²) in [5, 5.41) is 32.9. The summed E-state index contributed by atoms with van der Waals surface area (Å²) >= 11 is 3.47. The highest BCUT2D eigenvalue weighted by Gasteiger charge is 2.41. The number of amides is 1. The summed E-state index contributed by atoms with van der Waals surface area (Å²) in [7, 11) is 1.38. The van der Waals surface area contributed by atoms with Gasteiger partial charge in [0.25, 0.3) is 0 Å². The lowest BCUT2D eigenvalue weighted by molar-refractivity contribution is -0.143. The first-order chi connectivity index (χ1) is 21.7. The third-order valence-electron chi connectivity index (χ3n) is 7.55. The number of pyridine rings is 1. The van der Waals surface area contributed by atoms with E-state index in [1.807, 2.05) is 0 Å². The average molecular weight is 736 g/mol. The Morgan fingerprint density at radius 2 is 1.62 bits per heavy atom. The van der Waals surface area contributed by atoms with Crippen molar-refractivity contribution in [2.75, 3.05) is 37.0 Å². The van der Waals surface area contributed by atoms with Crippen molar-refractivity contribution in [3.63, 3.8) is 0 Å². The molecule has 2 aromatic carbocycles. The van der Waals surface area contributed by atoms with Gasteiger partial charge in [0.05, 0.1) is 47.2 Å². The number of hydrogen-bond donors (Lipinski definition) is 5. The molecule has 0 radical (unpaired) electrons. The number of β-amino-alcohol motifs (C(OH)–C–C–N with tert-alkyl or cyclic N) is 1. The zero-order chi connectivity index (χ0) is 35.3. The molecule has 0 aliphatic carbocycles. The predicted octanol–water partition coefficient (Wildman–Crippen LogP) is 5.98. The maximum atomic E-state index is 13.7. The standard InChI is InChI=1S/C27H26BrF6N3O2.C5H11NO2/c1-15(38)13-35-23-12-20(19-7-5-6-8-21(19)28)22(14-36-23)37(4)24(39)25(2,3)16-9-17(26(29,30)31)11-18(10-16)27(32,33)34;7-3-4-1-5(8)2-6-4/h5-12,14-15,38H,13H2,1-4H3,(H,35,36);4-8H,1-3H2/t15-;4-,5+/m00/s1. The van der Waals surface area contributed by atoms with Crippen LogP contribution in [0.15, 0.2) is 59.2 Å². The number of hydrogen-bond acceptors (Lipinski definition) is 7. The zero-order valence-corrected chi connectivity index (χ0v) is 27.6. The van der Waals surface area contributed by atoms with Gasteiger partial charge in [0.15, 0.2) is 0 Å². The summed E-state index contributed by atoms with van der Waals surface area (Å²) in [4.78, 5) is 19.2. The normalized spacial score (nSPS) is 17.5. The molecule has 1 aliphatic heterocycles. The first-order valence-electron chi connectivity index (χ1n) is 14.5. The van der Waals surface area contributed by atoms with Crippen LogP contribution >= 0.6 is 15.9 Å². The molecule has 2 heterocycles. The maximum absolute atomic E-state index is 13.7. The van der Waals surface area contributed by atoms with Crippen molar-refractivity contribution in [1.29, 1.82) is 0 Å². The first-order valence-corrected chi connectivity index (χ1v) is 15.3. The second kappa shape index (κ2) is 15.3. The Hall–Kier alpha value is -3.24. The molecule has 1 fully saturated rings. The van der Waals surface area contributed by atoms with Crippen LogP contribution in [-0.2, 0) is 22.6 Å². The minimum atomic E-state index is -5.05. The number of alkyl halides is 6. The van der Waals surface area contributed by atoms with Crippen LogP contribution in [0.25, 0.3) is 11.1 Å². The Kier molecular flexibility index (Phi) is 12.5. The zero-order valence-electron chi connectivity index (χ0n) is 26.0. The SMILES string of the molecule is C[C@H](O)CNc1cc(-c2ccccc2Br)c(N(C)C(=O)C(C)(C)c2cc(C(F)(F)F)cc(C(F)(F)F)c2)cn1.OC[C@@H]1C[C@@H](O)CN1. The summed E-state index contributed by atoms with van der Waals surface area (Å²) in [6, 6.07) is 10.0. The van der Waals surface area contributed by atoms with E-state index >= 15 is 0 Å². The van der Waals surface area contributed by atoms with Crippen LogP contribution in [0.2, 0.25) is 0 Å². The number of halogens is 7. The average Bonchev–Trinajstić information content (AvgIpc) is 3.44. The monoisotopic (exact) mass is 734 g/mol. The predicted molar refractivity (Wildman–Crippen MR) is 170 cm³/mol. The molecule has 3 aromatic rings. The van der Waals surface area contributed by atoms with Crippen molar-refractivity contribution in [3.05, 3.63) is 75.9 Å². The molecular formula is C32H37BrF6N4O4. The Morgan fingerprint density at radius 1 is 1.04 bits per heavy atom. The molecule has 1 aliphatic rings. The largest absolute Gasteiger partial charge is 0.416 e. The van der Waals surface area contributed by atoms with E-state index in [1.165, 1.54) is 27.1 Å². The van der Waals surface area contributed by atoms with Gasteiger partial charge in [-0.2, -0.15) is 26.3 Å². The fourth-order valence-corrected chi connectivity index (χ4v) is 5.36. The summed E-state index contributed by atoms with van der Waals surface area (Å²) in [5.41, 5.74) is -3.79. The molecule has 5 N–H and O–H groups in total. The van der Waals surface area contributed by atoms with Crippen molar-refractivity contribution in [2.24, 2.45) is 0 Å². The molecule has 1 saturated heterocycles. The van der Waals surface area contributed by atoms with Gasteiger partial charge >= 0.3 is 12.4 Å². The molecule has 1 aromatic heterocycles. The van der Waals surface area contributed by atoms with E-state index in [2.05, 4.69) is 31.5 Å². The molecule has 47 heavy (non-hydrogen) atoms. The molecule has 0 bridgehead atoms. The van der Waals surface area contributed by atoms with Crippen LogP contribution in [0, 0.1) is 0 Å². The van der Waals surface area contributed by atoms with Crippen molar-refractivity contribution in [1.82, 2.24) is 10.3 Å². The highest BCUT2D eigenvalue weighted by molar-refractivity contribution is 9.10. The molecule has 1 amide bonds. The molecule has 3 atom stereocenters. The lowest BCUT2D eigenvalue weighted by Gasteiger charge is -2.32. The quantitative estimate of drug-likeness (QED) is 0.181. The minimum Gasteiger partial charge on any atom is -0.395 e. The molecule has 258 valence electrons. The maximum Gasteiger partial charge on any atom is 0.416 e. The van der Waals surface area contributed by atoms with Gasteiger partial charge in [0.2, 0.25) is 5.91 Å². The second-order valence-corrected chi connectivity index (χ2v) is 12.6. The number of carbonyl (C=O) groups excluding carboxylic acids is 1. The van der Waals surface area contributed by atoms with Gasteiger partial charge in [-0.1, -0.05) is 34.1 Å². The Bertz CT molecular complexity index is 1500. The van der Waals surface area contributed by atoms with E-state index < -0.39 is 46.5 Å². The lowest BCUT2D eigenvalue weighted by Crippen LogP contribution is -2.42. The fourth-order valence-electron chi connectivity index (χ4n) is 4.86. The Balaban J connectivity index is 0.000000653. The molecule has 0 unspecified atom stereocenters. The molecule has 0 spiro atoms. The van der Waals surface area contributed by atoms with Crippen molar-refractivity contribution in [3.8, 4) is 11.1 Å². The minimum absolute atomic E-state index is 0.0295. The number of aliphatic hydroxyl groups is 3. The van der Waals surface area contributed by atoms with Crippen LogP contribution in [0.5, 0.6) is 0 Å². The molecule has 4 rings (SSSR count). The molecule has 0 saturated carbocycles. The molecular weight excluding hydrogens is 698 g/mol. The lowest BCUT2D eigenvalue weighted by atomic mass is 9.81. The van der Waals surface area contributed by atoms with Crippen LogP contribution < -0.4 is 15.5 Å². The third-order valence-corrected chi connectivity index (χ3v) is 8.25. The number of aliphatic hydroxyl groups excluding tert-OH is 3. The van der Waals surface area contributed by atoms with E-state index in [-0.39, 0.29) is 37.1 Å². The number of nitrogens with zero attached hydrogens (tertiary/aromatic N) is 2. The summed E-state index contributed by atoms with van der Waals surface area (Å²) < 4.78 is 81.6. The van der Waals surface area contributed by atoms with Crippen molar-refractivity contribution >= 4 is 33.3 Å². The van der Waals surface area contributed by atoms with Crippen molar-refractivity contribution in [2.45, 2.75) is 63.2 Å². The molecule has 15 heteroatoms. The van der Waals surface area contributed by atoms with Crippen LogP contribution in [0.4, 0.5) is 37.8 Å². The van der Waals surface area contributed by atoms with Gasteiger partial charge < -0.3 is 30.9 Å². The second-order valence-electron chi connectivity index (χ2n) is 11.8. The smallest absolute Gasteiger partial charge is 0.395 e. The topological polar surface area (TPSA) is 118 Å². The number of anilines is 2. The highest BCUT2D eigenvalue weighted by Crippen LogP contribution is 2.41. The summed E-state index contributed by atoms with van der Waals surface area (Å²) in [5.74, 6) is -0.368. The van der Waals surface area contributed by atoms with Crippen LogP contribution in [0.3, 0.4) is 0 Å².